The molecular formula is C24H27N7. The molecule has 31 heavy (non-hydrogen) atoms. The van der Waals surface area contributed by atoms with Crippen LogP contribution in [0.2, 0.25) is 0 Å². The first-order valence-corrected chi connectivity index (χ1v) is 10.8. The van der Waals surface area contributed by atoms with E-state index in [4.69, 9.17) is 4.98 Å². The van der Waals surface area contributed by atoms with Crippen molar-refractivity contribution < 1.29 is 0 Å². The molecule has 2 N–H and O–H groups in total. The number of pyridine rings is 1. The standard InChI is InChI=1S/C24H27N7/c1-30-13-15-31(16-14-30)12-9-18-4-6-19(7-5-18)28-24-26-11-8-22(29-24)21-17-27-23-20(21)3-2-10-25-23/h2-8,10-11,17H,9,12-16H2,1H3,(H,25,27)(H,26,28,29). The predicted molar refractivity (Wildman–Crippen MR) is 124 cm³/mol. The highest BCUT2D eigenvalue weighted by Crippen LogP contribution is 2.26. The molecule has 3 aromatic heterocycles. The zero-order valence-electron chi connectivity index (χ0n) is 17.8. The molecule has 4 heterocycles. The van der Waals surface area contributed by atoms with Gasteiger partial charge in [-0.25, -0.2) is 15.0 Å². The van der Waals surface area contributed by atoms with E-state index >= 15 is 0 Å². The Morgan fingerprint density at radius 3 is 2.65 bits per heavy atom. The van der Waals surface area contributed by atoms with Gasteiger partial charge >= 0.3 is 0 Å². The minimum absolute atomic E-state index is 0.584. The van der Waals surface area contributed by atoms with Crippen molar-refractivity contribution in [2.24, 2.45) is 0 Å². The maximum atomic E-state index is 4.71. The van der Waals surface area contributed by atoms with Crippen LogP contribution in [0.5, 0.6) is 0 Å². The largest absolute Gasteiger partial charge is 0.345 e. The lowest BCUT2D eigenvalue weighted by molar-refractivity contribution is 0.155. The summed E-state index contributed by atoms with van der Waals surface area (Å²) >= 11 is 0. The van der Waals surface area contributed by atoms with Crippen LogP contribution in [0.15, 0.2) is 61.1 Å². The third kappa shape index (κ3) is 4.57. The van der Waals surface area contributed by atoms with Crippen LogP contribution in [0.25, 0.3) is 22.3 Å². The Morgan fingerprint density at radius 2 is 1.81 bits per heavy atom. The molecule has 0 spiro atoms. The molecular weight excluding hydrogens is 386 g/mol. The third-order valence-corrected chi connectivity index (χ3v) is 5.91. The SMILES string of the molecule is CN1CCN(CCc2ccc(Nc3nccc(-c4c[nH]c5ncccc45)n3)cc2)CC1. The first kappa shape index (κ1) is 19.7. The highest BCUT2D eigenvalue weighted by atomic mass is 15.2. The molecule has 0 unspecified atom stereocenters. The van der Waals surface area contributed by atoms with Crippen molar-refractivity contribution in [3.63, 3.8) is 0 Å². The van der Waals surface area contributed by atoms with Crippen molar-refractivity contribution in [3.8, 4) is 11.3 Å². The molecule has 0 atom stereocenters. The number of hydrogen-bond donors (Lipinski definition) is 2. The average Bonchev–Trinajstić information content (AvgIpc) is 3.24. The van der Waals surface area contributed by atoms with E-state index in [0.29, 0.717) is 5.95 Å². The lowest BCUT2D eigenvalue weighted by Crippen LogP contribution is -2.45. The minimum atomic E-state index is 0.584. The number of hydrogen-bond acceptors (Lipinski definition) is 6. The van der Waals surface area contributed by atoms with E-state index in [-0.39, 0.29) is 0 Å². The Morgan fingerprint density at radius 1 is 0.968 bits per heavy atom. The molecule has 4 aromatic rings. The van der Waals surface area contributed by atoms with Gasteiger partial charge in [0.15, 0.2) is 0 Å². The topological polar surface area (TPSA) is 73.0 Å². The molecule has 0 bridgehead atoms. The number of aromatic amines is 1. The molecule has 0 aliphatic carbocycles. The Hall–Kier alpha value is -3.29. The smallest absolute Gasteiger partial charge is 0.227 e. The summed E-state index contributed by atoms with van der Waals surface area (Å²) in [6.45, 7) is 5.77. The van der Waals surface area contributed by atoms with Crippen molar-refractivity contribution >= 4 is 22.7 Å². The summed E-state index contributed by atoms with van der Waals surface area (Å²) in [7, 11) is 2.19. The van der Waals surface area contributed by atoms with Gasteiger partial charge < -0.3 is 20.1 Å². The second kappa shape index (κ2) is 8.83. The maximum Gasteiger partial charge on any atom is 0.227 e. The van der Waals surface area contributed by atoms with Crippen LogP contribution in [-0.4, -0.2) is 69.5 Å². The highest BCUT2D eigenvalue weighted by molar-refractivity contribution is 5.92. The molecule has 7 nitrogen and oxygen atoms in total. The number of rotatable bonds is 6. The van der Waals surface area contributed by atoms with Gasteiger partial charge in [0.1, 0.15) is 5.65 Å². The summed E-state index contributed by atoms with van der Waals surface area (Å²) in [5.74, 6) is 0.584. The molecule has 5 rings (SSSR count). The summed E-state index contributed by atoms with van der Waals surface area (Å²) in [6.07, 6.45) is 6.58. The molecule has 158 valence electrons. The summed E-state index contributed by atoms with van der Waals surface area (Å²) < 4.78 is 0. The number of aromatic nitrogens is 4. The van der Waals surface area contributed by atoms with Crippen molar-refractivity contribution in [2.45, 2.75) is 6.42 Å². The summed E-state index contributed by atoms with van der Waals surface area (Å²) in [4.78, 5) is 21.6. The first-order valence-electron chi connectivity index (χ1n) is 10.8. The fraction of sp³-hybridized carbons (Fsp3) is 0.292. The van der Waals surface area contributed by atoms with Crippen molar-refractivity contribution in [1.82, 2.24) is 29.7 Å². The molecule has 1 fully saturated rings. The van der Waals surface area contributed by atoms with E-state index in [2.05, 4.69) is 61.4 Å². The van der Waals surface area contributed by atoms with Gasteiger partial charge in [0.05, 0.1) is 5.69 Å². The van der Waals surface area contributed by atoms with Crippen LogP contribution < -0.4 is 5.32 Å². The summed E-state index contributed by atoms with van der Waals surface area (Å²) in [5.41, 5.74) is 5.08. The van der Waals surface area contributed by atoms with Crippen molar-refractivity contribution in [3.05, 3.63) is 66.6 Å². The van der Waals surface area contributed by atoms with Gasteiger partial charge in [-0.1, -0.05) is 12.1 Å². The molecule has 0 amide bonds. The van der Waals surface area contributed by atoms with Crippen LogP contribution in [0.1, 0.15) is 5.56 Å². The van der Waals surface area contributed by atoms with Gasteiger partial charge in [-0.3, -0.25) is 0 Å². The average molecular weight is 414 g/mol. The number of benzene rings is 1. The normalized spacial score (nSPS) is 15.4. The maximum absolute atomic E-state index is 4.71. The van der Waals surface area contributed by atoms with E-state index in [1.165, 1.54) is 5.56 Å². The fourth-order valence-electron chi connectivity index (χ4n) is 3.98. The van der Waals surface area contributed by atoms with E-state index in [1.54, 1.807) is 12.4 Å². The zero-order chi connectivity index (χ0) is 21.0. The highest BCUT2D eigenvalue weighted by Gasteiger charge is 2.13. The second-order valence-corrected chi connectivity index (χ2v) is 8.08. The Balaban J connectivity index is 1.24. The van der Waals surface area contributed by atoms with Crippen LogP contribution >= 0.6 is 0 Å². The van der Waals surface area contributed by atoms with Crippen LogP contribution in [-0.2, 0) is 6.42 Å². The quantitative estimate of drug-likeness (QED) is 0.504. The van der Waals surface area contributed by atoms with Crippen LogP contribution in [0, 0.1) is 0 Å². The molecule has 7 heteroatoms. The molecule has 0 saturated carbocycles. The number of piperazine rings is 1. The van der Waals surface area contributed by atoms with Gasteiger partial charge in [-0.2, -0.15) is 0 Å². The lowest BCUT2D eigenvalue weighted by atomic mass is 10.1. The van der Waals surface area contributed by atoms with E-state index in [0.717, 1.165) is 67.1 Å². The monoisotopic (exact) mass is 413 g/mol. The Bertz CT molecular complexity index is 1140. The number of nitrogens with one attached hydrogen (secondary N) is 2. The fourth-order valence-corrected chi connectivity index (χ4v) is 3.98. The van der Waals surface area contributed by atoms with Gasteiger partial charge in [0.2, 0.25) is 5.95 Å². The van der Waals surface area contributed by atoms with E-state index in [9.17, 15) is 0 Å². The number of likely N-dealkylation sites (N-methyl/N-ethyl adjacent to an activating group) is 1. The van der Waals surface area contributed by atoms with Gasteiger partial charge in [-0.15, -0.1) is 0 Å². The molecule has 0 radical (unpaired) electrons. The first-order chi connectivity index (χ1) is 15.2. The number of H-pyrrole nitrogens is 1. The van der Waals surface area contributed by atoms with Gasteiger partial charge in [-0.05, 0) is 49.4 Å². The van der Waals surface area contributed by atoms with Crippen LogP contribution in [0.3, 0.4) is 0 Å². The van der Waals surface area contributed by atoms with Gasteiger partial charge in [0.25, 0.3) is 0 Å². The molecule has 1 aliphatic rings. The third-order valence-electron chi connectivity index (χ3n) is 5.91. The van der Waals surface area contributed by atoms with E-state index in [1.807, 2.05) is 24.4 Å². The number of fused-ring (bicyclic) bond motifs is 1. The minimum Gasteiger partial charge on any atom is -0.345 e. The zero-order valence-corrected chi connectivity index (χ0v) is 17.8. The molecule has 1 aromatic carbocycles. The van der Waals surface area contributed by atoms with Crippen molar-refractivity contribution in [1.29, 1.82) is 0 Å². The summed E-state index contributed by atoms with van der Waals surface area (Å²) in [6, 6.07) is 14.5. The Kier molecular flexibility index (Phi) is 5.60. The van der Waals surface area contributed by atoms with Crippen LogP contribution in [0.4, 0.5) is 11.6 Å². The van der Waals surface area contributed by atoms with E-state index < -0.39 is 0 Å². The predicted octanol–water partition coefficient (Wildman–Crippen LogP) is 3.55. The number of nitrogens with zero attached hydrogens (tertiary/aromatic N) is 5. The summed E-state index contributed by atoms with van der Waals surface area (Å²) in [5, 5.41) is 4.38. The van der Waals surface area contributed by atoms with Gasteiger partial charge in [0, 0.05) is 68.0 Å². The second-order valence-electron chi connectivity index (χ2n) is 8.08. The Labute approximate surface area is 182 Å². The number of anilines is 2. The molecule has 1 saturated heterocycles. The lowest BCUT2D eigenvalue weighted by Gasteiger charge is -2.32. The molecule has 1 aliphatic heterocycles. The van der Waals surface area contributed by atoms with Crippen molar-refractivity contribution in [2.75, 3.05) is 45.1 Å².